The number of ketones is 1. The zero-order chi connectivity index (χ0) is 20.2. The Morgan fingerprint density at radius 1 is 1.03 bits per heavy atom. The molecule has 6 nitrogen and oxygen atoms in total. The summed E-state index contributed by atoms with van der Waals surface area (Å²) in [6.07, 6.45) is 4.11. The summed E-state index contributed by atoms with van der Waals surface area (Å²) in [4.78, 5) is 23.4. The molecule has 29 heavy (non-hydrogen) atoms. The molecular formula is C23H30N4O2. The van der Waals surface area contributed by atoms with Gasteiger partial charge >= 0.3 is 0 Å². The molecule has 0 saturated carbocycles. The number of ether oxygens (including phenoxy) is 1. The summed E-state index contributed by atoms with van der Waals surface area (Å²) in [5.41, 5.74) is 1.87. The summed E-state index contributed by atoms with van der Waals surface area (Å²) >= 11 is 0. The van der Waals surface area contributed by atoms with Crippen LogP contribution < -0.4 is 14.5 Å². The smallest absolute Gasteiger partial charge is 0.161 e. The Kier molecular flexibility index (Phi) is 6.00. The van der Waals surface area contributed by atoms with Gasteiger partial charge in [-0.1, -0.05) is 12.1 Å². The number of hydrogen-bond donors (Lipinski definition) is 0. The fourth-order valence-corrected chi connectivity index (χ4v) is 4.46. The van der Waals surface area contributed by atoms with Crippen molar-refractivity contribution in [2.24, 2.45) is 0 Å². The maximum absolute atomic E-state index is 11.5. The van der Waals surface area contributed by atoms with E-state index in [0.29, 0.717) is 11.6 Å². The van der Waals surface area contributed by atoms with Gasteiger partial charge in [0.25, 0.3) is 0 Å². The lowest BCUT2D eigenvalue weighted by molar-refractivity contribution is 0.101. The molecule has 4 rings (SSSR count). The van der Waals surface area contributed by atoms with E-state index in [1.165, 1.54) is 18.5 Å². The lowest BCUT2D eigenvalue weighted by Crippen LogP contribution is -2.55. The molecule has 6 heteroatoms. The first-order valence-corrected chi connectivity index (χ1v) is 10.5. The lowest BCUT2D eigenvalue weighted by atomic mass is 10.0. The van der Waals surface area contributed by atoms with E-state index in [4.69, 9.17) is 4.74 Å². The molecule has 0 amide bonds. The number of para-hydroxylation sites is 2. The van der Waals surface area contributed by atoms with Gasteiger partial charge < -0.3 is 14.5 Å². The van der Waals surface area contributed by atoms with E-state index >= 15 is 0 Å². The second-order valence-corrected chi connectivity index (χ2v) is 7.90. The molecule has 0 aliphatic carbocycles. The van der Waals surface area contributed by atoms with Crippen molar-refractivity contribution in [1.29, 1.82) is 0 Å². The van der Waals surface area contributed by atoms with Crippen LogP contribution in [0.4, 0.5) is 11.5 Å². The Morgan fingerprint density at radius 2 is 1.83 bits per heavy atom. The number of hydrogen-bond acceptors (Lipinski definition) is 6. The van der Waals surface area contributed by atoms with Crippen LogP contribution >= 0.6 is 0 Å². The average molecular weight is 395 g/mol. The summed E-state index contributed by atoms with van der Waals surface area (Å²) in [6.45, 7) is 7.77. The summed E-state index contributed by atoms with van der Waals surface area (Å²) in [7, 11) is 1.74. The van der Waals surface area contributed by atoms with Gasteiger partial charge in [0, 0.05) is 57.1 Å². The predicted octanol–water partition coefficient (Wildman–Crippen LogP) is 3.08. The summed E-state index contributed by atoms with van der Waals surface area (Å²) in [5.74, 6) is 1.99. The zero-order valence-electron chi connectivity index (χ0n) is 17.4. The lowest BCUT2D eigenvalue weighted by Gasteiger charge is -2.44. The number of nitrogens with zero attached hydrogens (tertiary/aromatic N) is 4. The molecule has 3 heterocycles. The van der Waals surface area contributed by atoms with E-state index in [0.717, 1.165) is 50.8 Å². The van der Waals surface area contributed by atoms with Gasteiger partial charge in [-0.3, -0.25) is 9.69 Å². The van der Waals surface area contributed by atoms with Gasteiger partial charge in [-0.2, -0.15) is 0 Å². The van der Waals surface area contributed by atoms with E-state index in [-0.39, 0.29) is 5.78 Å². The number of piperidine rings is 1. The maximum atomic E-state index is 11.5. The standard InChI is InChI=1S/C23H30N4O2/c1-18(28)19-9-10-23(24-16-19)27-11-5-6-20(17-27)25-12-14-26(15-13-25)21-7-3-4-8-22(21)29-2/h3-4,7-10,16,20H,5-6,11-15,17H2,1-2H3. The van der Waals surface area contributed by atoms with Gasteiger partial charge in [0.05, 0.1) is 12.8 Å². The number of piperazine rings is 1. The molecule has 2 fully saturated rings. The Bertz CT molecular complexity index is 831. The van der Waals surface area contributed by atoms with Crippen LogP contribution in [-0.2, 0) is 0 Å². The van der Waals surface area contributed by atoms with Gasteiger partial charge in [0.15, 0.2) is 5.78 Å². The molecular weight excluding hydrogens is 364 g/mol. The highest BCUT2D eigenvalue weighted by atomic mass is 16.5. The van der Waals surface area contributed by atoms with Crippen LogP contribution in [-0.4, -0.2) is 68.1 Å². The number of methoxy groups -OCH3 is 1. The third-order valence-electron chi connectivity index (χ3n) is 6.13. The van der Waals surface area contributed by atoms with Crippen LogP contribution in [0.15, 0.2) is 42.6 Å². The molecule has 0 bridgehead atoms. The molecule has 154 valence electrons. The normalized spacial score (nSPS) is 20.6. The topological polar surface area (TPSA) is 48.9 Å². The molecule has 2 aliphatic rings. The third kappa shape index (κ3) is 4.37. The minimum absolute atomic E-state index is 0.0634. The molecule has 0 spiro atoms. The van der Waals surface area contributed by atoms with E-state index in [9.17, 15) is 4.79 Å². The molecule has 0 N–H and O–H groups in total. The number of anilines is 2. The molecule has 1 aromatic carbocycles. The number of carbonyl (C=O) groups is 1. The fraction of sp³-hybridized carbons (Fsp3) is 0.478. The molecule has 2 aliphatic heterocycles. The van der Waals surface area contributed by atoms with Gasteiger partial charge in [-0.25, -0.2) is 4.98 Å². The summed E-state index contributed by atoms with van der Waals surface area (Å²) in [6, 6.07) is 12.7. The van der Waals surface area contributed by atoms with Crippen LogP contribution in [0.3, 0.4) is 0 Å². The van der Waals surface area contributed by atoms with Crippen molar-refractivity contribution in [3.8, 4) is 5.75 Å². The predicted molar refractivity (Wildman–Crippen MR) is 116 cm³/mol. The quantitative estimate of drug-likeness (QED) is 0.727. The van der Waals surface area contributed by atoms with E-state index in [1.807, 2.05) is 24.3 Å². The number of Topliss-reactive ketones (excluding diaryl/α,β-unsaturated/α-hetero) is 1. The van der Waals surface area contributed by atoms with Gasteiger partial charge in [-0.15, -0.1) is 0 Å². The van der Waals surface area contributed by atoms with Gasteiger partial charge in [0.1, 0.15) is 11.6 Å². The largest absolute Gasteiger partial charge is 0.495 e. The van der Waals surface area contributed by atoms with Crippen LogP contribution in [0, 0.1) is 0 Å². The summed E-state index contributed by atoms with van der Waals surface area (Å²) < 4.78 is 5.54. The molecule has 1 atom stereocenters. The van der Waals surface area contributed by atoms with E-state index in [1.54, 1.807) is 20.2 Å². The Labute approximate surface area is 173 Å². The van der Waals surface area contributed by atoms with Crippen molar-refractivity contribution in [2.75, 3.05) is 56.2 Å². The number of carbonyl (C=O) groups excluding carboxylic acids is 1. The van der Waals surface area contributed by atoms with Crippen molar-refractivity contribution in [3.05, 3.63) is 48.2 Å². The number of rotatable bonds is 5. The number of aromatic nitrogens is 1. The average Bonchev–Trinajstić information content (AvgIpc) is 2.79. The van der Waals surface area contributed by atoms with Crippen molar-refractivity contribution < 1.29 is 9.53 Å². The number of pyridine rings is 1. The Balaban J connectivity index is 1.36. The molecule has 0 radical (unpaired) electrons. The second-order valence-electron chi connectivity index (χ2n) is 7.90. The van der Waals surface area contributed by atoms with Crippen LogP contribution in [0.2, 0.25) is 0 Å². The first-order chi connectivity index (χ1) is 14.2. The minimum Gasteiger partial charge on any atom is -0.495 e. The third-order valence-corrected chi connectivity index (χ3v) is 6.13. The SMILES string of the molecule is COc1ccccc1N1CCN(C2CCCN(c3ccc(C(C)=O)cn3)C2)CC1. The van der Waals surface area contributed by atoms with Gasteiger partial charge in [0.2, 0.25) is 0 Å². The van der Waals surface area contributed by atoms with Crippen LogP contribution in [0.5, 0.6) is 5.75 Å². The monoisotopic (exact) mass is 394 g/mol. The number of benzene rings is 1. The highest BCUT2D eigenvalue weighted by Crippen LogP contribution is 2.29. The Hall–Kier alpha value is -2.60. The zero-order valence-corrected chi connectivity index (χ0v) is 17.4. The first-order valence-electron chi connectivity index (χ1n) is 10.5. The van der Waals surface area contributed by atoms with Crippen molar-refractivity contribution in [3.63, 3.8) is 0 Å². The first kappa shape index (κ1) is 19.7. The minimum atomic E-state index is 0.0634. The van der Waals surface area contributed by atoms with E-state index in [2.05, 4.69) is 31.8 Å². The van der Waals surface area contributed by atoms with Crippen LogP contribution in [0.25, 0.3) is 0 Å². The summed E-state index contributed by atoms with van der Waals surface area (Å²) in [5, 5.41) is 0. The maximum Gasteiger partial charge on any atom is 0.161 e. The second kappa shape index (κ2) is 8.82. The van der Waals surface area contributed by atoms with Crippen molar-refractivity contribution in [1.82, 2.24) is 9.88 Å². The molecule has 1 aromatic heterocycles. The fourth-order valence-electron chi connectivity index (χ4n) is 4.46. The Morgan fingerprint density at radius 3 is 2.52 bits per heavy atom. The molecule has 2 saturated heterocycles. The molecule has 1 unspecified atom stereocenters. The van der Waals surface area contributed by atoms with Crippen molar-refractivity contribution >= 4 is 17.3 Å². The van der Waals surface area contributed by atoms with Crippen molar-refractivity contribution in [2.45, 2.75) is 25.8 Å². The molecule has 2 aromatic rings. The highest BCUT2D eigenvalue weighted by molar-refractivity contribution is 5.93. The van der Waals surface area contributed by atoms with Gasteiger partial charge in [-0.05, 0) is 44.0 Å². The van der Waals surface area contributed by atoms with E-state index < -0.39 is 0 Å². The highest BCUT2D eigenvalue weighted by Gasteiger charge is 2.29. The van der Waals surface area contributed by atoms with Crippen LogP contribution in [0.1, 0.15) is 30.1 Å².